The summed E-state index contributed by atoms with van der Waals surface area (Å²) in [5.41, 5.74) is 1.63. The summed E-state index contributed by atoms with van der Waals surface area (Å²) in [5.74, 6) is -2.78. The van der Waals surface area contributed by atoms with Crippen LogP contribution in [-0.2, 0) is 9.59 Å². The Morgan fingerprint density at radius 1 is 1.05 bits per heavy atom. The molecule has 0 spiro atoms. The number of esters is 1. The van der Waals surface area contributed by atoms with Crippen LogP contribution in [0.2, 0.25) is 5.02 Å². The second kappa shape index (κ2) is 4.54. The van der Waals surface area contributed by atoms with Gasteiger partial charge in [0.25, 0.3) is 0 Å². The second-order valence-corrected chi connectivity index (χ2v) is 4.65. The summed E-state index contributed by atoms with van der Waals surface area (Å²) in [4.78, 5) is 24.6. The van der Waals surface area contributed by atoms with E-state index in [4.69, 9.17) is 21.4 Å². The molecule has 2 aromatic carbocycles. The molecule has 0 aliphatic rings. The Balaban J connectivity index is 2.10. The number of carbonyl (C=O) groups excluding carboxylic acids is 1. The predicted molar refractivity (Wildman–Crippen MR) is 74.1 cm³/mol. The molecule has 1 aromatic heterocycles. The van der Waals surface area contributed by atoms with E-state index in [1.165, 1.54) is 6.07 Å². The Hall–Kier alpha value is -2.53. The van der Waals surface area contributed by atoms with E-state index in [2.05, 4.69) is 4.98 Å². The fraction of sp³-hybridized carbons (Fsp3) is 0. The maximum absolute atomic E-state index is 11.0. The highest BCUT2D eigenvalue weighted by atomic mass is 35.5. The van der Waals surface area contributed by atoms with Crippen LogP contribution in [0, 0.1) is 0 Å². The Labute approximate surface area is 117 Å². The summed E-state index contributed by atoms with van der Waals surface area (Å²) in [7, 11) is 0. The standard InChI is InChI=1S/C14H8ClNO4/c15-7-1-4-11-10(5-7)9-3-2-8(6-12(9)16-11)20-14(19)13(17)18/h1-6,16H,(H,17,18). The monoisotopic (exact) mass is 289 g/mol. The molecule has 0 bridgehead atoms. The van der Waals surface area contributed by atoms with Gasteiger partial charge in [-0.25, -0.2) is 9.59 Å². The molecule has 0 saturated heterocycles. The van der Waals surface area contributed by atoms with Crippen LogP contribution in [-0.4, -0.2) is 22.0 Å². The van der Waals surface area contributed by atoms with Crippen molar-refractivity contribution in [1.82, 2.24) is 4.98 Å². The second-order valence-electron chi connectivity index (χ2n) is 4.22. The van der Waals surface area contributed by atoms with Crippen LogP contribution in [0.3, 0.4) is 0 Å². The third-order valence-corrected chi connectivity index (χ3v) is 3.15. The van der Waals surface area contributed by atoms with Crippen LogP contribution in [0.5, 0.6) is 5.75 Å². The molecule has 5 nitrogen and oxygen atoms in total. The molecule has 100 valence electrons. The van der Waals surface area contributed by atoms with Crippen molar-refractivity contribution in [1.29, 1.82) is 0 Å². The maximum Gasteiger partial charge on any atom is 0.422 e. The molecule has 2 N–H and O–H groups in total. The molecule has 0 aliphatic carbocycles. The maximum atomic E-state index is 11.0. The SMILES string of the molecule is O=C(O)C(=O)Oc1ccc2c(c1)[nH]c1ccc(Cl)cc12. The Kier molecular flexibility index (Phi) is 2.84. The lowest BCUT2D eigenvalue weighted by molar-refractivity contribution is -0.158. The summed E-state index contributed by atoms with van der Waals surface area (Å²) in [6, 6.07) is 10.3. The van der Waals surface area contributed by atoms with E-state index in [9.17, 15) is 9.59 Å². The normalized spacial score (nSPS) is 10.8. The molecule has 0 radical (unpaired) electrons. The van der Waals surface area contributed by atoms with Crippen molar-refractivity contribution in [3.05, 3.63) is 41.4 Å². The zero-order valence-corrected chi connectivity index (χ0v) is 10.8. The van der Waals surface area contributed by atoms with E-state index in [1.807, 2.05) is 12.1 Å². The smallest absolute Gasteiger partial charge is 0.422 e. The molecule has 0 atom stereocenters. The Bertz CT molecular complexity index is 853. The summed E-state index contributed by atoms with van der Waals surface area (Å²) in [5, 5.41) is 11.0. The number of carbonyl (C=O) groups is 2. The third kappa shape index (κ3) is 2.08. The number of nitrogens with one attached hydrogen (secondary N) is 1. The molecule has 20 heavy (non-hydrogen) atoms. The molecule has 0 fully saturated rings. The highest BCUT2D eigenvalue weighted by molar-refractivity contribution is 6.32. The molecular formula is C14H8ClNO4. The molecule has 3 rings (SSSR count). The van der Waals surface area contributed by atoms with Gasteiger partial charge in [0.15, 0.2) is 0 Å². The molecule has 3 aromatic rings. The van der Waals surface area contributed by atoms with Gasteiger partial charge in [-0.05, 0) is 30.3 Å². The number of aliphatic carboxylic acids is 1. The van der Waals surface area contributed by atoms with Crippen LogP contribution >= 0.6 is 11.6 Å². The number of aromatic amines is 1. The number of carboxylic acids is 1. The first-order valence-corrected chi connectivity index (χ1v) is 6.08. The summed E-state index contributed by atoms with van der Waals surface area (Å²) in [6.45, 7) is 0. The number of halogens is 1. The van der Waals surface area contributed by atoms with Crippen molar-refractivity contribution in [2.24, 2.45) is 0 Å². The van der Waals surface area contributed by atoms with E-state index < -0.39 is 11.9 Å². The highest BCUT2D eigenvalue weighted by Gasteiger charge is 2.15. The van der Waals surface area contributed by atoms with Gasteiger partial charge in [0, 0.05) is 27.4 Å². The number of rotatable bonds is 1. The first-order chi connectivity index (χ1) is 9.54. The average Bonchev–Trinajstić information content (AvgIpc) is 2.75. The highest BCUT2D eigenvalue weighted by Crippen LogP contribution is 2.30. The van der Waals surface area contributed by atoms with E-state index >= 15 is 0 Å². The lowest BCUT2D eigenvalue weighted by Crippen LogP contribution is -2.19. The number of hydrogen-bond donors (Lipinski definition) is 2. The zero-order chi connectivity index (χ0) is 14.3. The predicted octanol–water partition coefficient (Wildman–Crippen LogP) is 2.96. The first-order valence-electron chi connectivity index (χ1n) is 5.71. The first kappa shape index (κ1) is 12.5. The number of aromatic nitrogens is 1. The number of fused-ring (bicyclic) bond motifs is 3. The van der Waals surface area contributed by atoms with Crippen molar-refractivity contribution < 1.29 is 19.4 Å². The molecule has 6 heteroatoms. The Morgan fingerprint density at radius 2 is 1.85 bits per heavy atom. The quantitative estimate of drug-likeness (QED) is 0.410. The van der Waals surface area contributed by atoms with Gasteiger partial charge in [0.05, 0.1) is 5.52 Å². The van der Waals surface area contributed by atoms with Gasteiger partial charge >= 0.3 is 11.9 Å². The molecule has 1 heterocycles. The minimum Gasteiger partial charge on any atom is -0.473 e. The molecule has 0 aliphatic heterocycles. The fourth-order valence-corrected chi connectivity index (χ4v) is 2.24. The number of benzene rings is 2. The fourth-order valence-electron chi connectivity index (χ4n) is 2.07. The van der Waals surface area contributed by atoms with Crippen LogP contribution in [0.4, 0.5) is 0 Å². The van der Waals surface area contributed by atoms with E-state index in [0.717, 1.165) is 21.8 Å². The summed E-state index contributed by atoms with van der Waals surface area (Å²) >= 11 is 5.96. The molecule has 0 amide bonds. The van der Waals surface area contributed by atoms with Crippen LogP contribution in [0.1, 0.15) is 0 Å². The minimum absolute atomic E-state index is 0.169. The van der Waals surface area contributed by atoms with E-state index in [1.54, 1.807) is 18.2 Å². The van der Waals surface area contributed by atoms with Gasteiger partial charge in [-0.3, -0.25) is 0 Å². The largest absolute Gasteiger partial charge is 0.473 e. The van der Waals surface area contributed by atoms with Gasteiger partial charge in [-0.1, -0.05) is 11.6 Å². The topological polar surface area (TPSA) is 79.4 Å². The van der Waals surface area contributed by atoms with Crippen molar-refractivity contribution in [2.75, 3.05) is 0 Å². The third-order valence-electron chi connectivity index (χ3n) is 2.92. The summed E-state index contributed by atoms with van der Waals surface area (Å²) in [6.07, 6.45) is 0. The zero-order valence-electron chi connectivity index (χ0n) is 10.0. The van der Waals surface area contributed by atoms with Crippen LogP contribution < -0.4 is 4.74 Å². The molecule has 0 saturated carbocycles. The lowest BCUT2D eigenvalue weighted by atomic mass is 10.1. The lowest BCUT2D eigenvalue weighted by Gasteiger charge is -2.00. The van der Waals surface area contributed by atoms with E-state index in [-0.39, 0.29) is 5.75 Å². The van der Waals surface area contributed by atoms with Gasteiger partial charge in [0.2, 0.25) is 0 Å². The molecular weight excluding hydrogens is 282 g/mol. The Morgan fingerprint density at radius 3 is 2.60 bits per heavy atom. The number of carboxylic acid groups (broad SMARTS) is 1. The van der Waals surface area contributed by atoms with Crippen molar-refractivity contribution in [3.8, 4) is 5.75 Å². The van der Waals surface area contributed by atoms with E-state index in [0.29, 0.717) is 5.02 Å². The minimum atomic E-state index is -1.63. The van der Waals surface area contributed by atoms with Gasteiger partial charge in [-0.15, -0.1) is 0 Å². The van der Waals surface area contributed by atoms with Crippen molar-refractivity contribution >= 4 is 45.3 Å². The van der Waals surface area contributed by atoms with Crippen LogP contribution in [0.15, 0.2) is 36.4 Å². The van der Waals surface area contributed by atoms with Crippen molar-refractivity contribution in [2.45, 2.75) is 0 Å². The number of ether oxygens (including phenoxy) is 1. The van der Waals surface area contributed by atoms with Crippen molar-refractivity contribution in [3.63, 3.8) is 0 Å². The average molecular weight is 290 g/mol. The summed E-state index contributed by atoms with van der Waals surface area (Å²) < 4.78 is 4.72. The van der Waals surface area contributed by atoms with Gasteiger partial charge < -0.3 is 14.8 Å². The van der Waals surface area contributed by atoms with Gasteiger partial charge in [0.1, 0.15) is 5.75 Å². The number of H-pyrrole nitrogens is 1. The van der Waals surface area contributed by atoms with Crippen LogP contribution in [0.25, 0.3) is 21.8 Å². The number of hydrogen-bond acceptors (Lipinski definition) is 3. The van der Waals surface area contributed by atoms with Gasteiger partial charge in [-0.2, -0.15) is 0 Å². The molecule has 0 unspecified atom stereocenters.